The molecule has 1 saturated carbocycles. The molecular weight excluding hydrogens is 364 g/mol. The van der Waals surface area contributed by atoms with Crippen molar-refractivity contribution in [1.82, 2.24) is 10.2 Å². The van der Waals surface area contributed by atoms with E-state index in [1.54, 1.807) is 0 Å². The van der Waals surface area contributed by atoms with Gasteiger partial charge in [0, 0.05) is 6.42 Å². The number of nitrogens with zero attached hydrogens (tertiary/aromatic N) is 1. The summed E-state index contributed by atoms with van der Waals surface area (Å²) in [5, 5.41) is 3.07. The van der Waals surface area contributed by atoms with Gasteiger partial charge in [-0.1, -0.05) is 67.8 Å². The normalized spacial score (nSPS) is 20.1. The van der Waals surface area contributed by atoms with Gasteiger partial charge < -0.3 is 5.32 Å². The molecule has 1 N–H and O–H groups in total. The molecule has 29 heavy (non-hydrogen) atoms. The van der Waals surface area contributed by atoms with Crippen LogP contribution >= 0.6 is 0 Å². The highest BCUT2D eigenvalue weighted by Crippen LogP contribution is 2.45. The van der Waals surface area contributed by atoms with Crippen molar-refractivity contribution < 1.29 is 14.4 Å². The average molecular weight is 388 g/mol. The predicted octanol–water partition coefficient (Wildman–Crippen LogP) is 3.58. The SMILES string of the molecule is O=C(CN1C(=O)CC2(CCCCC2)C1=O)NC1c2ccccc2-c2ccccc21. The molecule has 5 rings (SSSR count). The second-order valence-electron chi connectivity index (χ2n) is 8.48. The molecule has 2 aromatic carbocycles. The van der Waals surface area contributed by atoms with Gasteiger partial charge in [-0.15, -0.1) is 0 Å². The third-order valence-electron chi connectivity index (χ3n) is 6.74. The first-order chi connectivity index (χ1) is 14.1. The Morgan fingerprint density at radius 1 is 0.931 bits per heavy atom. The second-order valence-corrected chi connectivity index (χ2v) is 8.48. The van der Waals surface area contributed by atoms with E-state index >= 15 is 0 Å². The fourth-order valence-corrected chi connectivity index (χ4v) is 5.30. The molecule has 0 aromatic heterocycles. The molecule has 0 radical (unpaired) electrons. The number of amides is 3. The van der Waals surface area contributed by atoms with Crippen molar-refractivity contribution in [2.24, 2.45) is 5.41 Å². The van der Waals surface area contributed by atoms with Crippen molar-refractivity contribution in [3.63, 3.8) is 0 Å². The van der Waals surface area contributed by atoms with Crippen LogP contribution in [0.15, 0.2) is 48.5 Å². The lowest BCUT2D eigenvalue weighted by Gasteiger charge is -2.30. The van der Waals surface area contributed by atoms with Gasteiger partial charge in [-0.05, 0) is 35.1 Å². The zero-order valence-corrected chi connectivity index (χ0v) is 16.3. The zero-order valence-electron chi connectivity index (χ0n) is 16.3. The van der Waals surface area contributed by atoms with Crippen LogP contribution in [0.3, 0.4) is 0 Å². The summed E-state index contributed by atoms with van der Waals surface area (Å²) in [7, 11) is 0. The maximum atomic E-state index is 13.0. The molecule has 1 saturated heterocycles. The fraction of sp³-hybridized carbons (Fsp3) is 0.375. The zero-order chi connectivity index (χ0) is 20.0. The Kier molecular flexibility index (Phi) is 4.26. The van der Waals surface area contributed by atoms with Crippen molar-refractivity contribution in [3.8, 4) is 11.1 Å². The first-order valence-electron chi connectivity index (χ1n) is 10.4. The van der Waals surface area contributed by atoms with Crippen LogP contribution in [0.25, 0.3) is 11.1 Å². The largest absolute Gasteiger partial charge is 0.344 e. The van der Waals surface area contributed by atoms with E-state index in [1.165, 1.54) is 4.90 Å². The van der Waals surface area contributed by atoms with Gasteiger partial charge in [-0.2, -0.15) is 0 Å². The summed E-state index contributed by atoms with van der Waals surface area (Å²) in [4.78, 5) is 39.6. The molecule has 3 amide bonds. The van der Waals surface area contributed by atoms with Crippen molar-refractivity contribution in [2.45, 2.75) is 44.6 Å². The molecule has 5 nitrogen and oxygen atoms in total. The van der Waals surface area contributed by atoms with Crippen LogP contribution < -0.4 is 5.32 Å². The lowest BCUT2D eigenvalue weighted by Crippen LogP contribution is -2.43. The number of benzene rings is 2. The fourth-order valence-electron chi connectivity index (χ4n) is 5.30. The third kappa shape index (κ3) is 2.87. The summed E-state index contributed by atoms with van der Waals surface area (Å²) >= 11 is 0. The third-order valence-corrected chi connectivity index (χ3v) is 6.74. The summed E-state index contributed by atoms with van der Waals surface area (Å²) in [6.07, 6.45) is 4.86. The number of fused-ring (bicyclic) bond motifs is 3. The first kappa shape index (κ1) is 18.1. The summed E-state index contributed by atoms with van der Waals surface area (Å²) < 4.78 is 0. The highest BCUT2D eigenvalue weighted by molar-refractivity contribution is 6.08. The topological polar surface area (TPSA) is 66.5 Å². The number of rotatable bonds is 3. The van der Waals surface area contributed by atoms with Gasteiger partial charge in [-0.3, -0.25) is 19.3 Å². The Balaban J connectivity index is 1.35. The molecule has 2 aliphatic carbocycles. The maximum Gasteiger partial charge on any atom is 0.240 e. The number of hydrogen-bond donors (Lipinski definition) is 1. The van der Waals surface area contributed by atoms with Gasteiger partial charge in [0.2, 0.25) is 17.7 Å². The number of likely N-dealkylation sites (tertiary alicyclic amines) is 1. The minimum Gasteiger partial charge on any atom is -0.344 e. The van der Waals surface area contributed by atoms with Crippen LogP contribution in [0.5, 0.6) is 0 Å². The Labute approximate surface area is 170 Å². The van der Waals surface area contributed by atoms with Crippen molar-refractivity contribution in [1.29, 1.82) is 0 Å². The predicted molar refractivity (Wildman–Crippen MR) is 109 cm³/mol. The number of nitrogens with one attached hydrogen (secondary N) is 1. The second kappa shape index (κ2) is 6.83. The van der Waals surface area contributed by atoms with Gasteiger partial charge in [0.1, 0.15) is 6.54 Å². The Morgan fingerprint density at radius 2 is 1.52 bits per heavy atom. The van der Waals surface area contributed by atoms with E-state index in [1.807, 2.05) is 36.4 Å². The molecule has 3 aliphatic rings. The molecule has 0 unspecified atom stereocenters. The van der Waals surface area contributed by atoms with Gasteiger partial charge in [0.05, 0.1) is 11.5 Å². The Hall–Kier alpha value is -2.95. The van der Waals surface area contributed by atoms with Crippen molar-refractivity contribution in [3.05, 3.63) is 59.7 Å². The molecule has 2 fully saturated rings. The molecule has 1 heterocycles. The summed E-state index contributed by atoms with van der Waals surface area (Å²) in [6, 6.07) is 15.8. The summed E-state index contributed by atoms with van der Waals surface area (Å²) in [5.41, 5.74) is 3.77. The number of imide groups is 1. The number of carbonyl (C=O) groups excluding carboxylic acids is 3. The van der Waals surface area contributed by atoms with Gasteiger partial charge >= 0.3 is 0 Å². The van der Waals surface area contributed by atoms with E-state index in [0.717, 1.165) is 54.4 Å². The Bertz CT molecular complexity index is 961. The van der Waals surface area contributed by atoms with E-state index in [2.05, 4.69) is 17.4 Å². The van der Waals surface area contributed by atoms with Gasteiger partial charge in [0.15, 0.2) is 0 Å². The number of hydrogen-bond acceptors (Lipinski definition) is 3. The number of carbonyl (C=O) groups is 3. The lowest BCUT2D eigenvalue weighted by molar-refractivity contribution is -0.145. The highest BCUT2D eigenvalue weighted by Gasteiger charge is 2.51. The minimum atomic E-state index is -0.553. The van der Waals surface area contributed by atoms with Crippen molar-refractivity contribution >= 4 is 17.7 Å². The molecule has 1 spiro atoms. The van der Waals surface area contributed by atoms with Crippen LogP contribution in [0.4, 0.5) is 0 Å². The van der Waals surface area contributed by atoms with E-state index < -0.39 is 5.41 Å². The minimum absolute atomic E-state index is 0.149. The van der Waals surface area contributed by atoms with E-state index in [4.69, 9.17) is 0 Å². The lowest BCUT2D eigenvalue weighted by atomic mass is 9.73. The van der Waals surface area contributed by atoms with Gasteiger partial charge in [-0.25, -0.2) is 0 Å². The summed E-state index contributed by atoms with van der Waals surface area (Å²) in [5.74, 6) is -0.653. The molecular formula is C24H24N2O3. The monoisotopic (exact) mass is 388 g/mol. The average Bonchev–Trinajstić information content (AvgIpc) is 3.16. The molecule has 1 aliphatic heterocycles. The van der Waals surface area contributed by atoms with Crippen LogP contribution in [0.2, 0.25) is 0 Å². The van der Waals surface area contributed by atoms with Gasteiger partial charge in [0.25, 0.3) is 0 Å². The van der Waals surface area contributed by atoms with Crippen LogP contribution in [-0.2, 0) is 14.4 Å². The molecule has 148 valence electrons. The smallest absolute Gasteiger partial charge is 0.240 e. The molecule has 0 atom stereocenters. The first-order valence-corrected chi connectivity index (χ1v) is 10.4. The van der Waals surface area contributed by atoms with Crippen LogP contribution in [0.1, 0.15) is 55.7 Å². The maximum absolute atomic E-state index is 13.0. The van der Waals surface area contributed by atoms with E-state index in [9.17, 15) is 14.4 Å². The molecule has 0 bridgehead atoms. The summed E-state index contributed by atoms with van der Waals surface area (Å²) in [6.45, 7) is -0.194. The Morgan fingerprint density at radius 3 is 2.14 bits per heavy atom. The standard InChI is InChI=1S/C24H24N2O3/c27-20(15-26-21(28)14-24(23(26)29)12-6-1-7-13-24)25-22-18-10-4-2-8-16(18)17-9-3-5-11-19(17)22/h2-5,8-11,22H,1,6-7,12-15H2,(H,25,27). The van der Waals surface area contributed by atoms with E-state index in [0.29, 0.717) is 0 Å². The van der Waals surface area contributed by atoms with Crippen LogP contribution in [0, 0.1) is 5.41 Å². The van der Waals surface area contributed by atoms with Crippen molar-refractivity contribution in [2.75, 3.05) is 6.54 Å². The van der Waals surface area contributed by atoms with Crippen LogP contribution in [-0.4, -0.2) is 29.2 Å². The quantitative estimate of drug-likeness (QED) is 0.818. The molecule has 2 aromatic rings. The van der Waals surface area contributed by atoms with E-state index in [-0.39, 0.29) is 36.7 Å². The molecule has 5 heteroatoms. The highest BCUT2D eigenvalue weighted by atomic mass is 16.2.